The molecule has 2 atom stereocenters. The molecule has 1 aliphatic rings. The number of ether oxygens (including phenoxy) is 1. The number of aliphatic hydroxyl groups is 2. The van der Waals surface area contributed by atoms with Crippen LogP contribution in [0.2, 0.25) is 0 Å². The summed E-state index contributed by atoms with van der Waals surface area (Å²) >= 11 is 0. The van der Waals surface area contributed by atoms with E-state index in [0.29, 0.717) is 12.4 Å². The van der Waals surface area contributed by atoms with E-state index >= 15 is 0 Å². The van der Waals surface area contributed by atoms with Crippen LogP contribution in [0.5, 0.6) is 0 Å². The monoisotopic (exact) mass is 200 g/mol. The van der Waals surface area contributed by atoms with Crippen LogP contribution in [0, 0.1) is 5.92 Å². The van der Waals surface area contributed by atoms with Crippen LogP contribution in [0.15, 0.2) is 11.8 Å². The van der Waals surface area contributed by atoms with Crippen LogP contribution in [0.3, 0.4) is 0 Å². The number of aliphatic hydroxyl groups excluding tert-OH is 2. The van der Waals surface area contributed by atoms with Gasteiger partial charge in [-0.1, -0.05) is 26.7 Å². The smallest absolute Gasteiger partial charge is 0.137 e. The quantitative estimate of drug-likeness (QED) is 0.706. The highest BCUT2D eigenvalue weighted by atomic mass is 16.5. The van der Waals surface area contributed by atoms with Crippen molar-refractivity contribution >= 4 is 0 Å². The maximum atomic E-state index is 9.87. The summed E-state index contributed by atoms with van der Waals surface area (Å²) in [6.45, 7) is 4.67. The summed E-state index contributed by atoms with van der Waals surface area (Å²) in [4.78, 5) is 0. The van der Waals surface area contributed by atoms with E-state index in [1.807, 2.05) is 19.9 Å². The first-order valence-corrected chi connectivity index (χ1v) is 5.39. The molecule has 0 radical (unpaired) electrons. The summed E-state index contributed by atoms with van der Waals surface area (Å²) in [7, 11) is 0. The molecule has 1 rings (SSSR count). The Labute approximate surface area is 85.4 Å². The third-order valence-corrected chi connectivity index (χ3v) is 2.88. The molecule has 0 aromatic carbocycles. The summed E-state index contributed by atoms with van der Waals surface area (Å²) in [5, 5.41) is 19.7. The number of hydrogen-bond acceptors (Lipinski definition) is 3. The zero-order valence-corrected chi connectivity index (χ0v) is 8.94. The van der Waals surface area contributed by atoms with Crippen LogP contribution < -0.4 is 0 Å². The molecule has 3 heteroatoms. The van der Waals surface area contributed by atoms with E-state index < -0.39 is 12.2 Å². The van der Waals surface area contributed by atoms with Crippen LogP contribution in [0.4, 0.5) is 0 Å². The van der Waals surface area contributed by atoms with E-state index in [9.17, 15) is 10.2 Å². The molecule has 82 valence electrons. The van der Waals surface area contributed by atoms with Gasteiger partial charge in [-0.3, -0.25) is 0 Å². The van der Waals surface area contributed by atoms with Gasteiger partial charge in [0, 0.05) is 6.42 Å². The lowest BCUT2D eigenvalue weighted by atomic mass is 9.92. The van der Waals surface area contributed by atoms with Crippen molar-refractivity contribution in [2.45, 2.75) is 45.3 Å². The molecule has 2 N–H and O–H groups in total. The predicted octanol–water partition coefficient (Wildman–Crippen LogP) is 1.45. The molecular formula is C11H20O3. The fraction of sp³-hybridized carbons (Fsp3) is 0.818. The molecule has 0 saturated carbocycles. The zero-order chi connectivity index (χ0) is 10.6. The van der Waals surface area contributed by atoms with Crippen molar-refractivity contribution in [1.29, 1.82) is 0 Å². The van der Waals surface area contributed by atoms with Crippen molar-refractivity contribution in [2.24, 2.45) is 5.92 Å². The normalized spacial score (nSPS) is 20.5. The Hall–Kier alpha value is -0.540. The van der Waals surface area contributed by atoms with E-state index in [-0.39, 0.29) is 5.92 Å². The van der Waals surface area contributed by atoms with Gasteiger partial charge in [-0.25, -0.2) is 0 Å². The Kier molecular flexibility index (Phi) is 4.42. The Morgan fingerprint density at radius 3 is 2.43 bits per heavy atom. The summed E-state index contributed by atoms with van der Waals surface area (Å²) in [6, 6.07) is 0. The molecule has 14 heavy (non-hydrogen) atoms. The molecule has 2 unspecified atom stereocenters. The van der Waals surface area contributed by atoms with Gasteiger partial charge < -0.3 is 14.9 Å². The third-order valence-electron chi connectivity index (χ3n) is 2.88. The number of rotatable bonds is 5. The summed E-state index contributed by atoms with van der Waals surface area (Å²) < 4.78 is 5.23. The Morgan fingerprint density at radius 2 is 2.00 bits per heavy atom. The average molecular weight is 200 g/mol. The van der Waals surface area contributed by atoms with Crippen molar-refractivity contribution in [3.63, 3.8) is 0 Å². The molecular weight excluding hydrogens is 180 g/mol. The zero-order valence-electron chi connectivity index (χ0n) is 8.94. The molecule has 1 heterocycles. The lowest BCUT2D eigenvalue weighted by Gasteiger charge is -2.25. The topological polar surface area (TPSA) is 49.7 Å². The van der Waals surface area contributed by atoms with Gasteiger partial charge in [0.25, 0.3) is 0 Å². The Balaban J connectivity index is 2.53. The highest BCUT2D eigenvalue weighted by Crippen LogP contribution is 2.23. The maximum Gasteiger partial charge on any atom is 0.137 e. The van der Waals surface area contributed by atoms with Crippen molar-refractivity contribution in [3.05, 3.63) is 11.8 Å². The van der Waals surface area contributed by atoms with Gasteiger partial charge in [-0.15, -0.1) is 0 Å². The highest BCUT2D eigenvalue weighted by molar-refractivity contribution is 5.06. The molecule has 0 aromatic rings. The third kappa shape index (κ3) is 2.49. The Morgan fingerprint density at radius 1 is 1.36 bits per heavy atom. The summed E-state index contributed by atoms with van der Waals surface area (Å²) in [6.07, 6.45) is 2.90. The van der Waals surface area contributed by atoms with Gasteiger partial charge >= 0.3 is 0 Å². The van der Waals surface area contributed by atoms with Crippen LogP contribution in [0.25, 0.3) is 0 Å². The minimum absolute atomic E-state index is 0.148. The summed E-state index contributed by atoms with van der Waals surface area (Å²) in [5.74, 6) is 0.694. The second-order valence-corrected chi connectivity index (χ2v) is 3.76. The largest absolute Gasteiger partial charge is 0.495 e. The molecule has 3 nitrogen and oxygen atoms in total. The van der Waals surface area contributed by atoms with E-state index in [1.54, 1.807) is 0 Å². The van der Waals surface area contributed by atoms with E-state index in [1.165, 1.54) is 0 Å². The van der Waals surface area contributed by atoms with E-state index in [4.69, 9.17) is 4.74 Å². The van der Waals surface area contributed by atoms with Crippen molar-refractivity contribution in [3.8, 4) is 0 Å². The standard InChI is InChI=1S/C11H20O3/c1-3-8(4-2)10(12)11(13)9-6-5-7-14-9/h6,8,10-13H,3-5,7H2,1-2H3. The van der Waals surface area contributed by atoms with Crippen LogP contribution in [0.1, 0.15) is 33.1 Å². The first kappa shape index (κ1) is 11.5. The summed E-state index contributed by atoms with van der Waals surface area (Å²) in [5.41, 5.74) is 0. The molecule has 1 aliphatic heterocycles. The van der Waals surface area contributed by atoms with Crippen LogP contribution in [-0.2, 0) is 4.74 Å². The first-order chi connectivity index (χ1) is 6.70. The van der Waals surface area contributed by atoms with Gasteiger partial charge in [-0.2, -0.15) is 0 Å². The molecule has 0 aromatic heterocycles. The molecule has 0 saturated heterocycles. The average Bonchev–Trinajstić information content (AvgIpc) is 2.71. The van der Waals surface area contributed by atoms with Crippen molar-refractivity contribution in [1.82, 2.24) is 0 Å². The lowest BCUT2D eigenvalue weighted by molar-refractivity contribution is -0.0249. The molecule has 0 spiro atoms. The molecule has 0 bridgehead atoms. The molecule has 0 aliphatic carbocycles. The van der Waals surface area contributed by atoms with Crippen molar-refractivity contribution < 1.29 is 14.9 Å². The second-order valence-electron chi connectivity index (χ2n) is 3.76. The first-order valence-electron chi connectivity index (χ1n) is 5.39. The highest BCUT2D eigenvalue weighted by Gasteiger charge is 2.28. The molecule has 0 amide bonds. The SMILES string of the molecule is CCC(CC)C(O)C(O)C1=CCCO1. The van der Waals surface area contributed by atoms with Gasteiger partial charge in [-0.05, 0) is 12.0 Å². The lowest BCUT2D eigenvalue weighted by Crippen LogP contribution is -2.34. The van der Waals surface area contributed by atoms with E-state index in [2.05, 4.69) is 0 Å². The van der Waals surface area contributed by atoms with Crippen LogP contribution >= 0.6 is 0 Å². The van der Waals surface area contributed by atoms with Crippen molar-refractivity contribution in [2.75, 3.05) is 6.61 Å². The van der Waals surface area contributed by atoms with Gasteiger partial charge in [0.1, 0.15) is 11.9 Å². The predicted molar refractivity (Wildman–Crippen MR) is 54.7 cm³/mol. The van der Waals surface area contributed by atoms with Gasteiger partial charge in [0.15, 0.2) is 0 Å². The second kappa shape index (κ2) is 5.37. The number of hydrogen-bond donors (Lipinski definition) is 2. The minimum atomic E-state index is -0.845. The maximum absolute atomic E-state index is 9.87. The fourth-order valence-electron chi connectivity index (χ4n) is 1.84. The fourth-order valence-corrected chi connectivity index (χ4v) is 1.84. The van der Waals surface area contributed by atoms with E-state index in [0.717, 1.165) is 19.3 Å². The Bertz CT molecular complexity index is 197. The van der Waals surface area contributed by atoms with Gasteiger partial charge in [0.2, 0.25) is 0 Å². The minimum Gasteiger partial charge on any atom is -0.495 e. The van der Waals surface area contributed by atoms with Crippen LogP contribution in [-0.4, -0.2) is 29.0 Å². The van der Waals surface area contributed by atoms with Gasteiger partial charge in [0.05, 0.1) is 12.7 Å². The molecule has 0 fully saturated rings.